The van der Waals surface area contributed by atoms with E-state index in [9.17, 15) is 9.59 Å². The summed E-state index contributed by atoms with van der Waals surface area (Å²) < 4.78 is 0. The Balaban J connectivity index is 1.26. The second-order valence-corrected chi connectivity index (χ2v) is 9.73. The zero-order valence-corrected chi connectivity index (χ0v) is 18.8. The molecule has 0 bridgehead atoms. The zero-order valence-electron chi connectivity index (χ0n) is 18.8. The second-order valence-electron chi connectivity index (χ2n) is 9.73. The van der Waals surface area contributed by atoms with E-state index in [0.29, 0.717) is 24.0 Å². The summed E-state index contributed by atoms with van der Waals surface area (Å²) in [7, 11) is 0. The Bertz CT molecular complexity index is 1050. The fourth-order valence-electron chi connectivity index (χ4n) is 5.76. The van der Waals surface area contributed by atoms with Crippen molar-refractivity contribution in [3.8, 4) is 0 Å². The predicted molar refractivity (Wildman–Crippen MR) is 129 cm³/mol. The van der Waals surface area contributed by atoms with Crippen molar-refractivity contribution in [3.63, 3.8) is 0 Å². The highest BCUT2D eigenvalue weighted by Crippen LogP contribution is 2.44. The molecule has 0 amide bonds. The van der Waals surface area contributed by atoms with Gasteiger partial charge in [0.2, 0.25) is 0 Å². The van der Waals surface area contributed by atoms with Gasteiger partial charge in [0.1, 0.15) is 5.78 Å². The number of allylic oxidation sites excluding steroid dienone is 10. The number of Topliss-reactive ketones (excluding diaryl/α,β-unsaturated/α-hetero) is 2. The Morgan fingerprint density at radius 3 is 2.31 bits per heavy atom. The Morgan fingerprint density at radius 1 is 0.875 bits per heavy atom. The average Bonchev–Trinajstić information content (AvgIpc) is 3.64. The van der Waals surface area contributed by atoms with E-state index in [1.165, 1.54) is 35.1 Å². The van der Waals surface area contributed by atoms with Gasteiger partial charge in [-0.15, -0.1) is 0 Å². The van der Waals surface area contributed by atoms with E-state index >= 15 is 0 Å². The van der Waals surface area contributed by atoms with Crippen molar-refractivity contribution in [1.82, 2.24) is 0 Å². The van der Waals surface area contributed by atoms with Gasteiger partial charge in [-0.05, 0) is 73.1 Å². The van der Waals surface area contributed by atoms with Gasteiger partial charge in [-0.3, -0.25) is 9.59 Å². The van der Waals surface area contributed by atoms with Gasteiger partial charge in [-0.1, -0.05) is 73.6 Å². The molecule has 2 nitrogen and oxygen atoms in total. The van der Waals surface area contributed by atoms with Crippen LogP contribution in [0.15, 0.2) is 83.0 Å². The quantitative estimate of drug-likeness (QED) is 0.455. The molecule has 2 heteroatoms. The molecule has 1 aromatic carbocycles. The predicted octanol–water partition coefficient (Wildman–Crippen LogP) is 6.89. The highest BCUT2D eigenvalue weighted by molar-refractivity contribution is 6.10. The van der Waals surface area contributed by atoms with Gasteiger partial charge in [0, 0.05) is 23.5 Å². The SMILES string of the molecule is O=C(C1=CC=CC1)C1=C(C2=CC=CC2)CC(c2ccc(CCC(=O)C3CCCC3)cc2)C1. The van der Waals surface area contributed by atoms with Crippen molar-refractivity contribution in [2.45, 2.75) is 70.1 Å². The van der Waals surface area contributed by atoms with E-state index in [4.69, 9.17) is 0 Å². The third-order valence-electron chi connectivity index (χ3n) is 7.68. The maximum atomic E-state index is 13.3. The molecule has 0 saturated heterocycles. The number of aryl methyl sites for hydroxylation is 1. The molecule has 0 spiro atoms. The topological polar surface area (TPSA) is 34.1 Å². The van der Waals surface area contributed by atoms with Crippen LogP contribution in [0.2, 0.25) is 0 Å². The molecular formula is C30H32O2. The molecular weight excluding hydrogens is 392 g/mol. The summed E-state index contributed by atoms with van der Waals surface area (Å²) in [5.41, 5.74) is 7.07. The minimum Gasteiger partial charge on any atom is -0.299 e. The molecule has 0 N–H and O–H groups in total. The Labute approximate surface area is 191 Å². The zero-order chi connectivity index (χ0) is 21.9. The van der Waals surface area contributed by atoms with E-state index in [1.807, 2.05) is 12.2 Å². The van der Waals surface area contributed by atoms with Gasteiger partial charge in [0.05, 0.1) is 0 Å². The molecule has 1 atom stereocenters. The maximum absolute atomic E-state index is 13.3. The molecule has 0 heterocycles. The van der Waals surface area contributed by atoms with Crippen LogP contribution in [-0.2, 0) is 16.0 Å². The van der Waals surface area contributed by atoms with Crippen LogP contribution >= 0.6 is 0 Å². The van der Waals surface area contributed by atoms with Gasteiger partial charge in [0.15, 0.2) is 5.78 Å². The van der Waals surface area contributed by atoms with Gasteiger partial charge >= 0.3 is 0 Å². The molecule has 0 aromatic heterocycles. The molecule has 1 saturated carbocycles. The van der Waals surface area contributed by atoms with Crippen LogP contribution in [-0.4, -0.2) is 11.6 Å². The summed E-state index contributed by atoms with van der Waals surface area (Å²) in [5.74, 6) is 1.36. The largest absolute Gasteiger partial charge is 0.299 e. The molecule has 0 radical (unpaired) electrons. The minimum absolute atomic E-state index is 0.238. The lowest BCUT2D eigenvalue weighted by Gasteiger charge is -2.13. The fourth-order valence-corrected chi connectivity index (χ4v) is 5.76. The molecule has 0 aliphatic heterocycles. The first-order valence-electron chi connectivity index (χ1n) is 12.3. The minimum atomic E-state index is 0.238. The lowest BCUT2D eigenvalue weighted by atomic mass is 9.91. The van der Waals surface area contributed by atoms with Crippen LogP contribution in [0.25, 0.3) is 0 Å². The lowest BCUT2D eigenvalue weighted by molar-refractivity contribution is -0.122. The van der Waals surface area contributed by atoms with Crippen molar-refractivity contribution < 1.29 is 9.59 Å². The van der Waals surface area contributed by atoms with E-state index < -0.39 is 0 Å². The molecule has 164 valence electrons. The molecule has 1 aromatic rings. The van der Waals surface area contributed by atoms with Crippen LogP contribution < -0.4 is 0 Å². The first-order chi connectivity index (χ1) is 15.7. The van der Waals surface area contributed by atoms with Crippen LogP contribution in [0.4, 0.5) is 0 Å². The van der Waals surface area contributed by atoms with E-state index in [-0.39, 0.29) is 5.78 Å². The second kappa shape index (κ2) is 9.40. The van der Waals surface area contributed by atoms with Crippen LogP contribution in [0.1, 0.15) is 74.8 Å². The van der Waals surface area contributed by atoms with Crippen molar-refractivity contribution in [1.29, 1.82) is 0 Å². The normalized spacial score (nSPS) is 22.7. The van der Waals surface area contributed by atoms with Gasteiger partial charge in [-0.25, -0.2) is 0 Å². The summed E-state index contributed by atoms with van der Waals surface area (Å²) in [6, 6.07) is 8.83. The van der Waals surface area contributed by atoms with Crippen molar-refractivity contribution >= 4 is 11.6 Å². The fraction of sp³-hybridized carbons (Fsp3) is 0.400. The standard InChI is InChI=1S/C30H32O2/c31-29(24-9-3-4-10-24)18-15-21-13-16-22(17-14-21)26-19-27(23-7-1-2-8-23)28(20-26)30(32)25-11-5-6-12-25/h1-2,5-7,11,13-14,16-17,24,26H,3-4,8-10,12,15,18-20H2. The van der Waals surface area contributed by atoms with Crippen molar-refractivity contribution in [3.05, 3.63) is 94.1 Å². The summed E-state index contributed by atoms with van der Waals surface area (Å²) in [6.07, 6.45) is 22.1. The molecule has 4 aliphatic carbocycles. The first kappa shape index (κ1) is 21.1. The van der Waals surface area contributed by atoms with Crippen LogP contribution in [0.5, 0.6) is 0 Å². The van der Waals surface area contributed by atoms with E-state index in [2.05, 4.69) is 48.6 Å². The molecule has 5 rings (SSSR count). The van der Waals surface area contributed by atoms with Crippen LogP contribution in [0.3, 0.4) is 0 Å². The van der Waals surface area contributed by atoms with Crippen molar-refractivity contribution in [2.24, 2.45) is 5.92 Å². The number of hydrogen-bond donors (Lipinski definition) is 0. The molecule has 1 fully saturated rings. The summed E-state index contributed by atoms with van der Waals surface area (Å²) >= 11 is 0. The van der Waals surface area contributed by atoms with E-state index in [0.717, 1.165) is 56.1 Å². The smallest absolute Gasteiger partial charge is 0.185 e. The van der Waals surface area contributed by atoms with Crippen molar-refractivity contribution in [2.75, 3.05) is 0 Å². The maximum Gasteiger partial charge on any atom is 0.185 e. The summed E-state index contributed by atoms with van der Waals surface area (Å²) in [6.45, 7) is 0. The number of benzene rings is 1. The first-order valence-corrected chi connectivity index (χ1v) is 12.3. The highest BCUT2D eigenvalue weighted by Gasteiger charge is 2.32. The third-order valence-corrected chi connectivity index (χ3v) is 7.68. The third kappa shape index (κ3) is 4.41. The molecule has 32 heavy (non-hydrogen) atoms. The number of carbonyl (C=O) groups excluding carboxylic acids is 2. The molecule has 4 aliphatic rings. The Kier molecular flexibility index (Phi) is 6.21. The summed E-state index contributed by atoms with van der Waals surface area (Å²) in [4.78, 5) is 25.7. The number of rotatable bonds is 8. The van der Waals surface area contributed by atoms with E-state index in [1.54, 1.807) is 0 Å². The highest BCUT2D eigenvalue weighted by atomic mass is 16.1. The Morgan fingerprint density at radius 2 is 1.62 bits per heavy atom. The number of hydrogen-bond acceptors (Lipinski definition) is 2. The average molecular weight is 425 g/mol. The number of carbonyl (C=O) groups is 2. The monoisotopic (exact) mass is 424 g/mol. The van der Waals surface area contributed by atoms with Gasteiger partial charge < -0.3 is 0 Å². The Hall–Kier alpha value is -2.74. The van der Waals surface area contributed by atoms with Gasteiger partial charge in [0.25, 0.3) is 0 Å². The lowest BCUT2D eigenvalue weighted by Crippen LogP contribution is -2.11. The van der Waals surface area contributed by atoms with Crippen LogP contribution in [0, 0.1) is 5.92 Å². The molecule has 1 unspecified atom stereocenters. The summed E-state index contributed by atoms with van der Waals surface area (Å²) in [5, 5.41) is 0. The van der Waals surface area contributed by atoms with Gasteiger partial charge in [-0.2, -0.15) is 0 Å². The number of ketones is 2.